The Kier molecular flexibility index (Phi) is 3.76. The summed E-state index contributed by atoms with van der Waals surface area (Å²) in [6, 6.07) is 8.42. The van der Waals surface area contributed by atoms with Gasteiger partial charge in [-0.2, -0.15) is 0 Å². The van der Waals surface area contributed by atoms with Gasteiger partial charge in [0.05, 0.1) is 6.10 Å². The van der Waals surface area contributed by atoms with Crippen LogP contribution in [0.2, 0.25) is 0 Å². The molecule has 3 rings (SSSR count). The van der Waals surface area contributed by atoms with E-state index in [0.29, 0.717) is 5.92 Å². The highest BCUT2D eigenvalue weighted by Gasteiger charge is 2.28. The fraction of sp³-hybridized carbons (Fsp3) is 0.438. The van der Waals surface area contributed by atoms with Crippen molar-refractivity contribution in [3.8, 4) is 0 Å². The Balaban J connectivity index is 2.02. The van der Waals surface area contributed by atoms with E-state index in [0.717, 1.165) is 19.6 Å². The monoisotopic (exact) mass is 256 g/mol. The van der Waals surface area contributed by atoms with Gasteiger partial charge < -0.3 is 10.1 Å². The molecule has 0 spiro atoms. The van der Waals surface area contributed by atoms with Crippen molar-refractivity contribution < 1.29 is 4.74 Å². The fourth-order valence-corrected chi connectivity index (χ4v) is 3.02. The largest absolute Gasteiger partial charge is 0.373 e. The van der Waals surface area contributed by atoms with Crippen molar-refractivity contribution in [2.75, 3.05) is 20.2 Å². The molecule has 1 N–H and O–H groups in total. The van der Waals surface area contributed by atoms with Gasteiger partial charge in [0.25, 0.3) is 0 Å². The van der Waals surface area contributed by atoms with Crippen molar-refractivity contribution in [1.29, 1.82) is 0 Å². The standard InChI is InChI=1S/C16H20N2O/c1-17-9-13-6-4-8-19-16(13)15-11-18-10-12-5-2-3-7-14(12)15/h2-3,5,7,10-11,13,16-17H,4,6,8-9H2,1H3. The molecule has 1 aliphatic heterocycles. The highest BCUT2D eigenvalue weighted by molar-refractivity contribution is 5.85. The Morgan fingerprint density at radius 3 is 3.11 bits per heavy atom. The van der Waals surface area contributed by atoms with Crippen LogP contribution in [0.25, 0.3) is 10.8 Å². The summed E-state index contributed by atoms with van der Waals surface area (Å²) in [6.07, 6.45) is 6.44. The van der Waals surface area contributed by atoms with Gasteiger partial charge in [-0.25, -0.2) is 0 Å². The molecule has 0 saturated carbocycles. The van der Waals surface area contributed by atoms with Crippen LogP contribution in [0.5, 0.6) is 0 Å². The third kappa shape index (κ3) is 2.48. The summed E-state index contributed by atoms with van der Waals surface area (Å²) in [5.41, 5.74) is 1.23. The van der Waals surface area contributed by atoms with Crippen molar-refractivity contribution in [1.82, 2.24) is 10.3 Å². The first-order valence-corrected chi connectivity index (χ1v) is 6.99. The van der Waals surface area contributed by atoms with Gasteiger partial charge in [-0.05, 0) is 25.3 Å². The molecule has 2 aromatic rings. The lowest BCUT2D eigenvalue weighted by atomic mass is 9.88. The number of aromatic nitrogens is 1. The molecular formula is C16H20N2O. The van der Waals surface area contributed by atoms with Crippen molar-refractivity contribution in [2.24, 2.45) is 5.92 Å². The van der Waals surface area contributed by atoms with E-state index >= 15 is 0 Å². The lowest BCUT2D eigenvalue weighted by Crippen LogP contribution is -2.30. The molecule has 0 bridgehead atoms. The van der Waals surface area contributed by atoms with Crippen LogP contribution in [-0.4, -0.2) is 25.2 Å². The molecule has 2 unspecified atom stereocenters. The van der Waals surface area contributed by atoms with Crippen molar-refractivity contribution in [3.05, 3.63) is 42.2 Å². The Bertz CT molecular complexity index is 548. The molecule has 1 fully saturated rings. The maximum Gasteiger partial charge on any atom is 0.0886 e. The predicted molar refractivity (Wildman–Crippen MR) is 77.1 cm³/mol. The summed E-state index contributed by atoms with van der Waals surface area (Å²) in [6.45, 7) is 1.85. The molecule has 100 valence electrons. The average molecular weight is 256 g/mol. The zero-order valence-corrected chi connectivity index (χ0v) is 11.3. The lowest BCUT2D eigenvalue weighted by Gasteiger charge is -2.32. The number of fused-ring (bicyclic) bond motifs is 1. The van der Waals surface area contributed by atoms with E-state index in [1.54, 1.807) is 0 Å². The average Bonchev–Trinajstić information content (AvgIpc) is 2.48. The second-order valence-corrected chi connectivity index (χ2v) is 5.20. The molecule has 1 aromatic heterocycles. The Hall–Kier alpha value is -1.45. The number of hydrogen-bond donors (Lipinski definition) is 1. The third-order valence-electron chi connectivity index (χ3n) is 3.92. The minimum atomic E-state index is 0.166. The van der Waals surface area contributed by atoms with Crippen LogP contribution in [0.15, 0.2) is 36.7 Å². The molecule has 0 amide bonds. The molecule has 2 atom stereocenters. The zero-order valence-electron chi connectivity index (χ0n) is 11.3. The third-order valence-corrected chi connectivity index (χ3v) is 3.92. The number of nitrogens with zero attached hydrogens (tertiary/aromatic N) is 1. The van der Waals surface area contributed by atoms with Gasteiger partial charge in [-0.15, -0.1) is 0 Å². The number of nitrogens with one attached hydrogen (secondary N) is 1. The van der Waals surface area contributed by atoms with E-state index in [9.17, 15) is 0 Å². The summed E-state index contributed by atoms with van der Waals surface area (Å²) < 4.78 is 6.06. The van der Waals surface area contributed by atoms with E-state index in [-0.39, 0.29) is 6.10 Å². The van der Waals surface area contributed by atoms with Gasteiger partial charge in [0.2, 0.25) is 0 Å². The van der Waals surface area contributed by atoms with Crippen molar-refractivity contribution >= 4 is 10.8 Å². The molecule has 19 heavy (non-hydrogen) atoms. The molecule has 2 heterocycles. The van der Waals surface area contributed by atoms with Crippen LogP contribution in [0.1, 0.15) is 24.5 Å². The van der Waals surface area contributed by atoms with Crippen LogP contribution in [-0.2, 0) is 4.74 Å². The Morgan fingerprint density at radius 2 is 2.21 bits per heavy atom. The van der Waals surface area contributed by atoms with E-state index in [2.05, 4.69) is 34.6 Å². The second-order valence-electron chi connectivity index (χ2n) is 5.20. The Labute approximate surface area is 114 Å². The SMILES string of the molecule is CNCC1CCCOC1c1cncc2ccccc12. The first kappa shape index (κ1) is 12.6. The molecule has 1 saturated heterocycles. The van der Waals surface area contributed by atoms with E-state index in [4.69, 9.17) is 4.74 Å². The first-order chi connectivity index (χ1) is 9.40. The van der Waals surface area contributed by atoms with Gasteiger partial charge in [0.1, 0.15) is 0 Å². The van der Waals surface area contributed by atoms with Crippen LogP contribution in [0, 0.1) is 5.92 Å². The molecular weight excluding hydrogens is 236 g/mol. The van der Waals surface area contributed by atoms with Crippen molar-refractivity contribution in [2.45, 2.75) is 18.9 Å². The number of pyridine rings is 1. The van der Waals surface area contributed by atoms with Gasteiger partial charge >= 0.3 is 0 Å². The van der Waals surface area contributed by atoms with E-state index < -0.39 is 0 Å². The fourth-order valence-electron chi connectivity index (χ4n) is 3.02. The molecule has 1 aliphatic rings. The van der Waals surface area contributed by atoms with Crippen molar-refractivity contribution in [3.63, 3.8) is 0 Å². The van der Waals surface area contributed by atoms with E-state index in [1.165, 1.54) is 22.8 Å². The Morgan fingerprint density at radius 1 is 1.32 bits per heavy atom. The summed E-state index contributed by atoms with van der Waals surface area (Å²) >= 11 is 0. The number of hydrogen-bond acceptors (Lipinski definition) is 3. The molecule has 0 aliphatic carbocycles. The maximum absolute atomic E-state index is 6.06. The summed E-state index contributed by atoms with van der Waals surface area (Å²) in [5.74, 6) is 0.534. The topological polar surface area (TPSA) is 34.1 Å². The van der Waals surface area contributed by atoms with E-state index in [1.807, 2.05) is 19.4 Å². The lowest BCUT2D eigenvalue weighted by molar-refractivity contribution is -0.0265. The van der Waals surface area contributed by atoms with Crippen LogP contribution in [0.3, 0.4) is 0 Å². The van der Waals surface area contributed by atoms with Gasteiger partial charge in [0.15, 0.2) is 0 Å². The highest BCUT2D eigenvalue weighted by atomic mass is 16.5. The molecule has 3 nitrogen and oxygen atoms in total. The van der Waals surface area contributed by atoms with Gasteiger partial charge in [0, 0.05) is 42.4 Å². The molecule has 3 heteroatoms. The zero-order chi connectivity index (χ0) is 13.1. The van der Waals surface area contributed by atoms with Gasteiger partial charge in [-0.3, -0.25) is 4.98 Å². The highest BCUT2D eigenvalue weighted by Crippen LogP contribution is 2.36. The molecule has 1 aromatic carbocycles. The summed E-state index contributed by atoms with van der Waals surface area (Å²) in [4.78, 5) is 4.38. The quantitative estimate of drug-likeness (QED) is 0.917. The maximum atomic E-state index is 6.06. The normalized spacial score (nSPS) is 23.6. The van der Waals surface area contributed by atoms with Crippen LogP contribution >= 0.6 is 0 Å². The smallest absolute Gasteiger partial charge is 0.0886 e. The minimum absolute atomic E-state index is 0.166. The van der Waals surface area contributed by atoms with Crippen LogP contribution in [0.4, 0.5) is 0 Å². The minimum Gasteiger partial charge on any atom is -0.373 e. The summed E-state index contributed by atoms with van der Waals surface area (Å²) in [7, 11) is 2.01. The second kappa shape index (κ2) is 5.68. The number of benzene rings is 1. The summed E-state index contributed by atoms with van der Waals surface area (Å²) in [5, 5.41) is 5.75. The van der Waals surface area contributed by atoms with Crippen LogP contribution < -0.4 is 5.32 Å². The predicted octanol–water partition coefficient (Wildman–Crippen LogP) is 2.92. The number of ether oxygens (including phenoxy) is 1. The number of rotatable bonds is 3. The first-order valence-electron chi connectivity index (χ1n) is 6.99. The molecule has 0 radical (unpaired) electrons. The van der Waals surface area contributed by atoms with Gasteiger partial charge in [-0.1, -0.05) is 24.3 Å².